The fourth-order valence-electron chi connectivity index (χ4n) is 3.90. The number of fused-ring (bicyclic) bond motifs is 2. The van der Waals surface area contributed by atoms with Crippen LogP contribution in [0.2, 0.25) is 0 Å². The number of aromatic nitrogens is 2. The molecule has 0 amide bonds. The number of esters is 1. The zero-order chi connectivity index (χ0) is 22.3. The fraction of sp³-hybridized carbons (Fsp3) is 0.0800. The summed E-state index contributed by atoms with van der Waals surface area (Å²) < 4.78 is 12.1. The second kappa shape index (κ2) is 7.47. The molecular formula is C25H18N2O5. The Bertz CT molecular complexity index is 1330. The second-order valence-electron chi connectivity index (χ2n) is 7.26. The van der Waals surface area contributed by atoms with Crippen LogP contribution in [-0.4, -0.2) is 33.7 Å². The topological polar surface area (TPSA) is 90.7 Å². The molecule has 4 aromatic rings. The van der Waals surface area contributed by atoms with Gasteiger partial charge >= 0.3 is 5.97 Å². The van der Waals surface area contributed by atoms with E-state index in [4.69, 9.17) is 9.47 Å². The van der Waals surface area contributed by atoms with Crippen LogP contribution in [0.3, 0.4) is 0 Å². The number of carbonyl (C=O) groups excluding carboxylic acids is 2. The first-order chi connectivity index (χ1) is 15.6. The van der Waals surface area contributed by atoms with E-state index < -0.39 is 17.5 Å². The Labute approximate surface area is 183 Å². The molecule has 0 fully saturated rings. The Morgan fingerprint density at radius 3 is 2.25 bits per heavy atom. The highest BCUT2D eigenvalue weighted by Crippen LogP contribution is 2.47. The molecule has 3 aromatic carbocycles. The van der Waals surface area contributed by atoms with Crippen LogP contribution in [0.25, 0.3) is 0 Å². The number of ketones is 1. The molecule has 0 aliphatic carbocycles. The molecule has 0 spiro atoms. The number of nitrogens with zero attached hydrogens (tertiary/aromatic N) is 2. The first-order valence-electron chi connectivity index (χ1n) is 9.92. The number of aliphatic hydroxyl groups is 1. The van der Waals surface area contributed by atoms with Gasteiger partial charge in [0.1, 0.15) is 11.3 Å². The van der Waals surface area contributed by atoms with Gasteiger partial charge in [-0.15, -0.1) is 0 Å². The van der Waals surface area contributed by atoms with Crippen molar-refractivity contribution in [3.8, 4) is 11.6 Å². The molecule has 0 radical (unpaired) electrons. The van der Waals surface area contributed by atoms with Gasteiger partial charge in [-0.1, -0.05) is 78.9 Å². The Kier molecular flexibility index (Phi) is 4.61. The van der Waals surface area contributed by atoms with Gasteiger partial charge in [0.05, 0.1) is 12.7 Å². The van der Waals surface area contributed by atoms with Crippen LogP contribution in [0.4, 0.5) is 0 Å². The molecule has 0 saturated carbocycles. The van der Waals surface area contributed by atoms with Crippen LogP contribution in [0, 0.1) is 0 Å². The van der Waals surface area contributed by atoms with Crippen LogP contribution < -0.4 is 4.74 Å². The number of benzene rings is 3. The summed E-state index contributed by atoms with van der Waals surface area (Å²) in [5, 5.41) is 16.4. The van der Waals surface area contributed by atoms with Crippen LogP contribution >= 0.6 is 0 Å². The SMILES string of the molecule is COC(=O)c1nn2c(c1C(=O)c1ccccc1)Oc1ccccc1C2(O)c1ccccc1. The van der Waals surface area contributed by atoms with Gasteiger partial charge in [0.15, 0.2) is 5.69 Å². The van der Waals surface area contributed by atoms with Gasteiger partial charge in [-0.25, -0.2) is 4.79 Å². The molecule has 1 N–H and O–H groups in total. The molecule has 7 heteroatoms. The maximum absolute atomic E-state index is 13.5. The standard InChI is InChI=1S/C25H18N2O5/c1-31-24(29)21-20(22(28)16-10-4-2-5-11-16)23-27(26-21)25(30,17-12-6-3-7-13-17)18-14-8-9-15-19(18)32-23/h2-15,30H,1H3. The maximum atomic E-state index is 13.5. The molecule has 1 aromatic heterocycles. The average molecular weight is 426 g/mol. The summed E-state index contributed by atoms with van der Waals surface area (Å²) in [4.78, 5) is 26.1. The lowest BCUT2D eigenvalue weighted by atomic mass is 9.92. The Hall–Kier alpha value is -4.23. The number of carbonyl (C=O) groups is 2. The molecule has 0 saturated heterocycles. The highest BCUT2D eigenvalue weighted by molar-refractivity contribution is 6.15. The Morgan fingerprint density at radius 1 is 0.938 bits per heavy atom. The summed E-state index contributed by atoms with van der Waals surface area (Å²) >= 11 is 0. The van der Waals surface area contributed by atoms with Gasteiger partial charge < -0.3 is 14.6 Å². The summed E-state index contributed by atoms with van der Waals surface area (Å²) in [6.07, 6.45) is 0. The molecule has 1 aliphatic rings. The third kappa shape index (κ3) is 2.83. The summed E-state index contributed by atoms with van der Waals surface area (Å²) in [5.41, 5.74) is -0.862. The summed E-state index contributed by atoms with van der Waals surface area (Å²) in [5.74, 6) is -0.967. The molecule has 5 rings (SSSR count). The molecule has 0 bridgehead atoms. The number of methoxy groups -OCH3 is 1. The Balaban J connectivity index is 1.83. The predicted molar refractivity (Wildman–Crippen MR) is 115 cm³/mol. The lowest BCUT2D eigenvalue weighted by Crippen LogP contribution is -2.40. The van der Waals surface area contributed by atoms with Crippen LogP contribution in [-0.2, 0) is 10.5 Å². The van der Waals surface area contributed by atoms with Crippen molar-refractivity contribution in [2.45, 2.75) is 5.72 Å². The molecule has 1 atom stereocenters. The molecule has 1 aliphatic heterocycles. The van der Waals surface area contributed by atoms with Crippen molar-refractivity contribution in [1.29, 1.82) is 0 Å². The van der Waals surface area contributed by atoms with Gasteiger partial charge in [0.2, 0.25) is 17.4 Å². The summed E-state index contributed by atoms with van der Waals surface area (Å²) in [7, 11) is 1.20. The van der Waals surface area contributed by atoms with Crippen molar-refractivity contribution in [1.82, 2.24) is 9.78 Å². The minimum atomic E-state index is -1.82. The third-order valence-electron chi connectivity index (χ3n) is 5.44. The zero-order valence-electron chi connectivity index (χ0n) is 17.1. The Morgan fingerprint density at radius 2 is 1.56 bits per heavy atom. The van der Waals surface area contributed by atoms with Gasteiger partial charge in [0.25, 0.3) is 0 Å². The maximum Gasteiger partial charge on any atom is 0.359 e. The van der Waals surface area contributed by atoms with E-state index in [2.05, 4.69) is 5.10 Å². The number of hydrogen-bond acceptors (Lipinski definition) is 6. The van der Waals surface area contributed by atoms with E-state index in [1.807, 2.05) is 6.07 Å². The van der Waals surface area contributed by atoms with Crippen LogP contribution in [0.15, 0.2) is 84.9 Å². The lowest BCUT2D eigenvalue weighted by molar-refractivity contribution is 0.0169. The second-order valence-corrected chi connectivity index (χ2v) is 7.26. The summed E-state index contributed by atoms with van der Waals surface area (Å²) in [6.45, 7) is 0. The van der Waals surface area contributed by atoms with Crippen molar-refractivity contribution in [2.75, 3.05) is 7.11 Å². The quantitative estimate of drug-likeness (QED) is 0.395. The molecule has 1 unspecified atom stereocenters. The zero-order valence-corrected chi connectivity index (χ0v) is 17.1. The minimum Gasteiger partial charge on any atom is -0.464 e. The fourth-order valence-corrected chi connectivity index (χ4v) is 3.90. The van der Waals surface area contributed by atoms with Gasteiger partial charge in [-0.2, -0.15) is 9.78 Å². The third-order valence-corrected chi connectivity index (χ3v) is 5.44. The molecule has 7 nitrogen and oxygen atoms in total. The van der Waals surface area contributed by atoms with Gasteiger partial charge in [-0.05, 0) is 6.07 Å². The van der Waals surface area contributed by atoms with E-state index in [-0.39, 0.29) is 17.1 Å². The van der Waals surface area contributed by atoms with E-state index >= 15 is 0 Å². The van der Waals surface area contributed by atoms with Crippen LogP contribution in [0.5, 0.6) is 11.6 Å². The number of rotatable bonds is 4. The predicted octanol–water partition coefficient (Wildman–Crippen LogP) is 3.75. The van der Waals surface area contributed by atoms with Gasteiger partial charge in [0, 0.05) is 11.1 Å². The van der Waals surface area contributed by atoms with E-state index in [1.54, 1.807) is 78.9 Å². The average Bonchev–Trinajstić information content (AvgIpc) is 3.24. The van der Waals surface area contributed by atoms with Crippen molar-refractivity contribution < 1.29 is 24.2 Å². The normalized spacial score (nSPS) is 16.4. The largest absolute Gasteiger partial charge is 0.464 e. The van der Waals surface area contributed by atoms with Crippen molar-refractivity contribution in [3.05, 3.63) is 113 Å². The number of para-hydroxylation sites is 1. The smallest absolute Gasteiger partial charge is 0.359 e. The molecule has 158 valence electrons. The van der Waals surface area contributed by atoms with Crippen molar-refractivity contribution in [3.63, 3.8) is 0 Å². The first kappa shape index (κ1) is 19.7. The van der Waals surface area contributed by atoms with Gasteiger partial charge in [-0.3, -0.25) is 4.79 Å². The highest BCUT2D eigenvalue weighted by Gasteiger charge is 2.46. The lowest BCUT2D eigenvalue weighted by Gasteiger charge is -2.35. The molecule has 2 heterocycles. The summed E-state index contributed by atoms with van der Waals surface area (Å²) in [6, 6.07) is 24.3. The monoisotopic (exact) mass is 426 g/mol. The van der Waals surface area contributed by atoms with E-state index in [1.165, 1.54) is 11.8 Å². The highest BCUT2D eigenvalue weighted by atomic mass is 16.5. The van der Waals surface area contributed by atoms with Crippen molar-refractivity contribution in [2.24, 2.45) is 0 Å². The minimum absolute atomic E-state index is 0.0377. The van der Waals surface area contributed by atoms with E-state index in [0.717, 1.165) is 0 Å². The first-order valence-corrected chi connectivity index (χ1v) is 9.92. The molecular weight excluding hydrogens is 408 g/mol. The van der Waals surface area contributed by atoms with Crippen LogP contribution in [0.1, 0.15) is 37.5 Å². The van der Waals surface area contributed by atoms with E-state index in [9.17, 15) is 14.7 Å². The van der Waals surface area contributed by atoms with Crippen molar-refractivity contribution >= 4 is 11.8 Å². The number of hydrogen-bond donors (Lipinski definition) is 1. The number of ether oxygens (including phenoxy) is 2. The van der Waals surface area contributed by atoms with E-state index in [0.29, 0.717) is 22.4 Å². The molecule has 32 heavy (non-hydrogen) atoms.